The Kier molecular flexibility index (Phi) is 8.17. The number of imidazole rings is 1. The van der Waals surface area contributed by atoms with Gasteiger partial charge in [-0.2, -0.15) is 5.26 Å². The zero-order valence-electron chi connectivity index (χ0n) is 26.0. The highest BCUT2D eigenvalue weighted by Gasteiger charge is 2.30. The molecule has 14 heteroatoms. The molecule has 6 heterocycles. The SMILES string of the molecule is CCc1nc2ccc(-c3cnc(N4CCN(C(=O)N5CCC(O)C5)CC4)nc3)cn2c1N(C)c1nc(-c2ccc(F)cc2)c(C#N)s1. The number of piperazine rings is 1. The van der Waals surface area contributed by atoms with Crippen molar-refractivity contribution in [3.63, 3.8) is 0 Å². The number of aromatic nitrogens is 5. The van der Waals surface area contributed by atoms with Gasteiger partial charge in [-0.3, -0.25) is 4.40 Å². The number of aliphatic hydroxyl groups is 1. The van der Waals surface area contributed by atoms with Crippen molar-refractivity contribution in [2.45, 2.75) is 25.9 Å². The maximum absolute atomic E-state index is 13.6. The van der Waals surface area contributed by atoms with E-state index in [1.54, 1.807) is 17.0 Å². The van der Waals surface area contributed by atoms with Gasteiger partial charge < -0.3 is 24.7 Å². The third-order valence-corrected chi connectivity index (χ3v) is 9.71. The lowest BCUT2D eigenvalue weighted by molar-refractivity contribution is 0.144. The van der Waals surface area contributed by atoms with Crippen molar-refractivity contribution in [2.24, 2.45) is 0 Å². The third-order valence-electron chi connectivity index (χ3n) is 8.68. The minimum absolute atomic E-state index is 0.0164. The Bertz CT molecular complexity index is 1960. The highest BCUT2D eigenvalue weighted by atomic mass is 32.1. The topological polar surface area (TPSA) is 130 Å². The first-order chi connectivity index (χ1) is 22.8. The molecule has 0 aliphatic carbocycles. The Labute approximate surface area is 275 Å². The Morgan fingerprint density at radius 2 is 1.74 bits per heavy atom. The number of carbonyl (C=O) groups excluding carboxylic acids is 1. The van der Waals surface area contributed by atoms with Crippen LogP contribution in [0.3, 0.4) is 0 Å². The second-order valence-electron chi connectivity index (χ2n) is 11.7. The van der Waals surface area contributed by atoms with E-state index in [0.717, 1.165) is 28.3 Å². The van der Waals surface area contributed by atoms with Gasteiger partial charge in [0.05, 0.1) is 11.8 Å². The molecule has 0 bridgehead atoms. The van der Waals surface area contributed by atoms with Crippen molar-refractivity contribution in [1.82, 2.24) is 34.1 Å². The molecule has 1 aromatic carbocycles. The van der Waals surface area contributed by atoms with E-state index in [-0.39, 0.29) is 11.8 Å². The van der Waals surface area contributed by atoms with Crippen molar-refractivity contribution in [2.75, 3.05) is 56.1 Å². The Hall–Kier alpha value is -5.13. The number of benzene rings is 1. The van der Waals surface area contributed by atoms with Gasteiger partial charge in [0.1, 0.15) is 33.9 Å². The molecule has 12 nitrogen and oxygen atoms in total. The van der Waals surface area contributed by atoms with Crippen LogP contribution in [0, 0.1) is 17.1 Å². The van der Waals surface area contributed by atoms with E-state index in [9.17, 15) is 19.6 Å². The maximum atomic E-state index is 13.6. The van der Waals surface area contributed by atoms with Crippen molar-refractivity contribution in [1.29, 1.82) is 5.26 Å². The predicted molar refractivity (Wildman–Crippen MR) is 177 cm³/mol. The fourth-order valence-corrected chi connectivity index (χ4v) is 6.96. The first-order valence-corrected chi connectivity index (χ1v) is 16.4. The molecule has 2 amide bonds. The normalized spacial score (nSPS) is 16.6. The zero-order valence-corrected chi connectivity index (χ0v) is 26.9. The van der Waals surface area contributed by atoms with Gasteiger partial charge in [0.25, 0.3) is 0 Å². The molecule has 2 fully saturated rings. The van der Waals surface area contributed by atoms with E-state index in [0.29, 0.717) is 79.3 Å². The summed E-state index contributed by atoms with van der Waals surface area (Å²) in [5, 5.41) is 20.3. The predicted octanol–water partition coefficient (Wildman–Crippen LogP) is 4.56. The number of pyridine rings is 1. The fraction of sp³-hybridized carbons (Fsp3) is 0.333. The van der Waals surface area contributed by atoms with Gasteiger partial charge >= 0.3 is 6.03 Å². The lowest BCUT2D eigenvalue weighted by Gasteiger charge is -2.36. The van der Waals surface area contributed by atoms with Crippen LogP contribution in [0.15, 0.2) is 55.0 Å². The number of hydrogen-bond donors (Lipinski definition) is 1. The summed E-state index contributed by atoms with van der Waals surface area (Å²) in [5.41, 5.74) is 4.60. The van der Waals surface area contributed by atoms with E-state index in [1.165, 1.54) is 23.5 Å². The average molecular weight is 653 g/mol. The van der Waals surface area contributed by atoms with Crippen LogP contribution in [0.2, 0.25) is 0 Å². The van der Waals surface area contributed by atoms with Crippen molar-refractivity contribution >= 4 is 39.9 Å². The number of amides is 2. The van der Waals surface area contributed by atoms with Crippen LogP contribution < -0.4 is 9.80 Å². The minimum atomic E-state index is -0.430. The highest BCUT2D eigenvalue weighted by molar-refractivity contribution is 7.16. The summed E-state index contributed by atoms with van der Waals surface area (Å²) in [7, 11) is 1.91. The molecule has 1 N–H and O–H groups in total. The molecule has 0 radical (unpaired) electrons. The average Bonchev–Trinajstić information content (AvgIpc) is 3.84. The van der Waals surface area contributed by atoms with Crippen LogP contribution in [0.1, 0.15) is 23.9 Å². The van der Waals surface area contributed by atoms with E-state index in [2.05, 4.69) is 20.9 Å². The number of fused-ring (bicyclic) bond motifs is 1. The Morgan fingerprint density at radius 1 is 1.02 bits per heavy atom. The smallest absolute Gasteiger partial charge is 0.320 e. The number of halogens is 1. The highest BCUT2D eigenvalue weighted by Crippen LogP contribution is 2.37. The summed E-state index contributed by atoms with van der Waals surface area (Å²) in [5.74, 6) is 1.10. The molecule has 4 aromatic heterocycles. The molecule has 5 aromatic rings. The van der Waals surface area contributed by atoms with Crippen LogP contribution in [-0.2, 0) is 6.42 Å². The second kappa shape index (κ2) is 12.6. The number of anilines is 3. The second-order valence-corrected chi connectivity index (χ2v) is 12.6. The summed E-state index contributed by atoms with van der Waals surface area (Å²) >= 11 is 1.28. The van der Waals surface area contributed by atoms with Crippen LogP contribution in [0.5, 0.6) is 0 Å². The summed E-state index contributed by atoms with van der Waals surface area (Å²) in [6.45, 7) is 5.45. The van der Waals surface area contributed by atoms with Crippen LogP contribution in [-0.4, -0.2) is 97.7 Å². The molecule has 2 aliphatic rings. The zero-order chi connectivity index (χ0) is 32.7. The van der Waals surface area contributed by atoms with E-state index < -0.39 is 6.10 Å². The molecular formula is C33H33FN10O2S. The third kappa shape index (κ3) is 5.84. The number of thiazole rings is 1. The molecule has 0 spiro atoms. The van der Waals surface area contributed by atoms with Gasteiger partial charge in [0, 0.05) is 81.6 Å². The van der Waals surface area contributed by atoms with Crippen molar-refractivity contribution < 1.29 is 14.3 Å². The van der Waals surface area contributed by atoms with E-state index in [4.69, 9.17) is 9.97 Å². The Balaban J connectivity index is 1.11. The molecular weight excluding hydrogens is 619 g/mol. The summed E-state index contributed by atoms with van der Waals surface area (Å²) in [6.07, 6.45) is 6.51. The lowest BCUT2D eigenvalue weighted by Crippen LogP contribution is -2.53. The number of hydrogen-bond acceptors (Lipinski definition) is 10. The van der Waals surface area contributed by atoms with Gasteiger partial charge in [-0.1, -0.05) is 18.3 Å². The number of aliphatic hydroxyl groups excluding tert-OH is 1. The van der Waals surface area contributed by atoms with E-state index >= 15 is 0 Å². The number of carbonyl (C=O) groups is 1. The number of aryl methyl sites for hydroxylation is 1. The first kappa shape index (κ1) is 30.5. The van der Waals surface area contributed by atoms with Gasteiger partial charge in [-0.15, -0.1) is 0 Å². The summed E-state index contributed by atoms with van der Waals surface area (Å²) in [4.78, 5) is 39.8. The maximum Gasteiger partial charge on any atom is 0.320 e. The largest absolute Gasteiger partial charge is 0.391 e. The number of likely N-dealkylation sites (tertiary alicyclic amines) is 1. The molecule has 47 heavy (non-hydrogen) atoms. The monoisotopic (exact) mass is 652 g/mol. The van der Waals surface area contributed by atoms with Gasteiger partial charge in [0.2, 0.25) is 5.95 Å². The molecule has 240 valence electrons. The van der Waals surface area contributed by atoms with Crippen molar-refractivity contribution in [3.05, 3.63) is 71.4 Å². The number of urea groups is 1. The summed E-state index contributed by atoms with van der Waals surface area (Å²) in [6, 6.07) is 12.2. The van der Waals surface area contributed by atoms with Crippen molar-refractivity contribution in [3.8, 4) is 28.5 Å². The first-order valence-electron chi connectivity index (χ1n) is 15.5. The number of nitrogens with zero attached hydrogens (tertiary/aromatic N) is 10. The number of β-amino-alcohol motifs (C(OH)–C–C–N with tert-alkyl or cyclic N) is 1. The van der Waals surface area contributed by atoms with E-state index in [1.807, 2.05) is 58.9 Å². The number of rotatable bonds is 6. The quantitative estimate of drug-likeness (QED) is 0.281. The standard InChI is InChI=1S/C33H33FN10O2S/c1-3-26-30(40(2)32-39-29(27(16-35)47-32)21-4-7-24(34)8-5-21)44-19-22(6-9-28(44)38-26)23-17-36-31(37-18-23)41-12-14-42(15-13-41)33(46)43-11-10-25(45)20-43/h4-9,17-19,25,45H,3,10-15,20H2,1-2H3. The van der Waals surface area contributed by atoms with Crippen LogP contribution in [0.25, 0.3) is 28.0 Å². The van der Waals surface area contributed by atoms with Gasteiger partial charge in [-0.05, 0) is 49.2 Å². The van der Waals surface area contributed by atoms with Gasteiger partial charge in [-0.25, -0.2) is 29.1 Å². The van der Waals surface area contributed by atoms with Crippen LogP contribution >= 0.6 is 11.3 Å². The summed E-state index contributed by atoms with van der Waals surface area (Å²) < 4.78 is 15.6. The minimum Gasteiger partial charge on any atom is -0.391 e. The van der Waals surface area contributed by atoms with Gasteiger partial charge in [0.15, 0.2) is 5.13 Å². The Morgan fingerprint density at radius 3 is 2.40 bits per heavy atom. The number of nitriles is 1. The van der Waals surface area contributed by atoms with Crippen LogP contribution in [0.4, 0.5) is 26.1 Å². The molecule has 1 atom stereocenters. The lowest BCUT2D eigenvalue weighted by atomic mass is 10.1. The molecule has 1 unspecified atom stereocenters. The molecule has 2 aliphatic heterocycles. The molecule has 7 rings (SSSR count). The molecule has 0 saturated carbocycles. The molecule has 2 saturated heterocycles. The fourth-order valence-electron chi connectivity index (χ4n) is 6.11.